The molecule has 2 N–H and O–H groups in total. The highest BCUT2D eigenvalue weighted by Gasteiger charge is 2.22. The van der Waals surface area contributed by atoms with Crippen molar-refractivity contribution in [1.82, 2.24) is 24.6 Å². The maximum atomic E-state index is 12.3. The number of carbonyl (C=O) groups is 1. The molecule has 10 nitrogen and oxygen atoms in total. The van der Waals surface area contributed by atoms with E-state index in [1.165, 1.54) is 12.5 Å². The van der Waals surface area contributed by atoms with Crippen molar-refractivity contribution in [3.63, 3.8) is 0 Å². The maximum absolute atomic E-state index is 12.3. The molecule has 0 radical (unpaired) electrons. The zero-order chi connectivity index (χ0) is 28.2. The van der Waals surface area contributed by atoms with Crippen molar-refractivity contribution in [3.05, 3.63) is 79.1 Å². The van der Waals surface area contributed by atoms with Crippen molar-refractivity contribution in [2.24, 2.45) is 0 Å². The molecule has 210 valence electrons. The molecule has 2 aromatic heterocycles. The molecule has 2 aliphatic rings. The molecule has 2 aliphatic heterocycles. The van der Waals surface area contributed by atoms with Gasteiger partial charge in [0.2, 0.25) is 11.9 Å². The van der Waals surface area contributed by atoms with Crippen LogP contribution in [0.2, 0.25) is 0 Å². The molecular formula is C31H34N8O2. The third-order valence-corrected chi connectivity index (χ3v) is 7.51. The van der Waals surface area contributed by atoms with Crippen molar-refractivity contribution < 1.29 is 9.53 Å². The average Bonchev–Trinajstić information content (AvgIpc) is 3.67. The molecule has 2 fully saturated rings. The third-order valence-electron chi connectivity index (χ3n) is 7.51. The molecule has 2 saturated heterocycles. The van der Waals surface area contributed by atoms with Gasteiger partial charge in [0.15, 0.2) is 5.82 Å². The van der Waals surface area contributed by atoms with Crippen LogP contribution in [-0.4, -0.2) is 63.8 Å². The van der Waals surface area contributed by atoms with Crippen LogP contribution in [0.25, 0.3) is 17.1 Å². The molecule has 4 aromatic rings. The number of nitrogens with zero attached hydrogens (tertiary/aromatic N) is 6. The van der Waals surface area contributed by atoms with E-state index in [-0.39, 0.29) is 5.91 Å². The average molecular weight is 551 g/mol. The molecule has 4 heterocycles. The number of likely N-dealkylation sites (tertiary alicyclic amines) is 1. The highest BCUT2D eigenvalue weighted by molar-refractivity contribution is 6.02. The summed E-state index contributed by atoms with van der Waals surface area (Å²) in [6, 6.07) is 15.9. The molecule has 0 atom stereocenters. The number of hydrogen-bond acceptors (Lipinski definition) is 8. The number of anilines is 4. The van der Waals surface area contributed by atoms with E-state index >= 15 is 0 Å². The number of carbonyl (C=O) groups excluding carboxylic acids is 1. The molecule has 0 bridgehead atoms. The highest BCUT2D eigenvalue weighted by atomic mass is 16.5. The Bertz CT molecular complexity index is 1540. The number of aromatic nitrogens is 4. The van der Waals surface area contributed by atoms with Gasteiger partial charge >= 0.3 is 0 Å². The van der Waals surface area contributed by atoms with E-state index in [2.05, 4.69) is 50.3 Å². The Morgan fingerprint density at radius 3 is 2.56 bits per heavy atom. The van der Waals surface area contributed by atoms with Crippen LogP contribution < -0.4 is 20.3 Å². The molecule has 2 aromatic carbocycles. The van der Waals surface area contributed by atoms with Crippen LogP contribution in [-0.2, 0) is 11.3 Å². The van der Waals surface area contributed by atoms with Crippen molar-refractivity contribution in [2.75, 3.05) is 48.8 Å². The molecule has 6 rings (SSSR count). The second kappa shape index (κ2) is 11.8. The number of ether oxygens (including phenoxy) is 1. The zero-order valence-electron chi connectivity index (χ0n) is 23.2. The molecule has 0 spiro atoms. The van der Waals surface area contributed by atoms with E-state index in [1.807, 2.05) is 41.1 Å². The Labute approximate surface area is 239 Å². The van der Waals surface area contributed by atoms with Crippen LogP contribution in [0.3, 0.4) is 0 Å². The van der Waals surface area contributed by atoms with E-state index in [0.29, 0.717) is 28.9 Å². The predicted molar refractivity (Wildman–Crippen MR) is 161 cm³/mol. The number of amides is 1. The van der Waals surface area contributed by atoms with E-state index in [0.717, 1.165) is 68.1 Å². The first-order chi connectivity index (χ1) is 20.1. The van der Waals surface area contributed by atoms with Crippen LogP contribution in [0.1, 0.15) is 24.8 Å². The summed E-state index contributed by atoms with van der Waals surface area (Å²) in [4.78, 5) is 26.2. The van der Waals surface area contributed by atoms with Gasteiger partial charge in [0.25, 0.3) is 0 Å². The van der Waals surface area contributed by atoms with Crippen LogP contribution >= 0.6 is 0 Å². The number of rotatable bonds is 10. The Morgan fingerprint density at radius 1 is 1.05 bits per heavy atom. The standard InChI is InChI=1S/C31H34N8O2/c1-3-29(40)33-24-18-25(27(41-2)19-26(24)38-16-7-8-17-38)34-31-32-13-12-28(35-31)39-21-23(20-37-14-9-15-37)30(36-39)22-10-5-4-6-11-22/h3-6,10-13,18-19,21H,1,7-9,14-17,20H2,2H3,(H,33,40)(H,32,34,35). The molecule has 0 aliphatic carbocycles. The lowest BCUT2D eigenvalue weighted by molar-refractivity contribution is -0.111. The molecular weight excluding hydrogens is 516 g/mol. The van der Waals surface area contributed by atoms with Gasteiger partial charge in [-0.2, -0.15) is 10.1 Å². The van der Waals surface area contributed by atoms with Crippen LogP contribution in [0.15, 0.2) is 73.6 Å². The van der Waals surface area contributed by atoms with Gasteiger partial charge in [-0.15, -0.1) is 0 Å². The van der Waals surface area contributed by atoms with Crippen molar-refractivity contribution in [2.45, 2.75) is 25.8 Å². The Hall–Kier alpha value is -4.70. The smallest absolute Gasteiger partial charge is 0.247 e. The van der Waals surface area contributed by atoms with Gasteiger partial charge < -0.3 is 20.3 Å². The fourth-order valence-corrected chi connectivity index (χ4v) is 5.26. The largest absolute Gasteiger partial charge is 0.494 e. The first kappa shape index (κ1) is 26.5. The summed E-state index contributed by atoms with van der Waals surface area (Å²) in [6.07, 6.45) is 8.48. The van der Waals surface area contributed by atoms with E-state index < -0.39 is 0 Å². The summed E-state index contributed by atoms with van der Waals surface area (Å²) in [5.74, 6) is 1.38. The SMILES string of the molecule is C=CC(=O)Nc1cc(Nc2nccc(-n3cc(CN4CCC4)c(-c4ccccc4)n3)n2)c(OC)cc1N1CCCC1. The van der Waals surface area contributed by atoms with Crippen LogP contribution in [0, 0.1) is 0 Å². The molecule has 1 amide bonds. The van der Waals surface area contributed by atoms with Crippen LogP contribution in [0.4, 0.5) is 23.0 Å². The van der Waals surface area contributed by atoms with Crippen molar-refractivity contribution >= 4 is 28.9 Å². The lowest BCUT2D eigenvalue weighted by Crippen LogP contribution is -2.36. The Morgan fingerprint density at radius 2 is 1.85 bits per heavy atom. The summed E-state index contributed by atoms with van der Waals surface area (Å²) in [6.45, 7) is 8.51. The summed E-state index contributed by atoms with van der Waals surface area (Å²) in [5, 5.41) is 11.2. The van der Waals surface area contributed by atoms with Gasteiger partial charge in [0.05, 0.1) is 29.9 Å². The number of hydrogen-bond donors (Lipinski definition) is 2. The normalized spacial score (nSPS) is 14.9. The van der Waals surface area contributed by atoms with E-state index in [9.17, 15) is 4.79 Å². The summed E-state index contributed by atoms with van der Waals surface area (Å²) in [5.41, 5.74) is 5.40. The minimum Gasteiger partial charge on any atom is -0.494 e. The molecule has 0 unspecified atom stereocenters. The van der Waals surface area contributed by atoms with Gasteiger partial charge in [-0.25, -0.2) is 9.67 Å². The molecule has 41 heavy (non-hydrogen) atoms. The van der Waals surface area contributed by atoms with E-state index in [1.54, 1.807) is 13.3 Å². The fourth-order valence-electron chi connectivity index (χ4n) is 5.26. The zero-order valence-corrected chi connectivity index (χ0v) is 23.2. The van der Waals surface area contributed by atoms with Crippen LogP contribution in [0.5, 0.6) is 5.75 Å². The topological polar surface area (TPSA) is 100 Å². The highest BCUT2D eigenvalue weighted by Crippen LogP contribution is 2.39. The minimum absolute atomic E-state index is 0.276. The van der Waals surface area contributed by atoms with Gasteiger partial charge in [0.1, 0.15) is 5.75 Å². The van der Waals surface area contributed by atoms with Gasteiger partial charge in [-0.1, -0.05) is 36.9 Å². The summed E-state index contributed by atoms with van der Waals surface area (Å²) < 4.78 is 7.55. The second-order valence-electron chi connectivity index (χ2n) is 10.3. The quantitative estimate of drug-likeness (QED) is 0.266. The fraction of sp³-hybridized carbons (Fsp3) is 0.290. The third kappa shape index (κ3) is 5.78. The summed E-state index contributed by atoms with van der Waals surface area (Å²) in [7, 11) is 1.63. The van der Waals surface area contributed by atoms with Crippen molar-refractivity contribution in [1.29, 1.82) is 0 Å². The first-order valence-corrected chi connectivity index (χ1v) is 14.0. The van der Waals surface area contributed by atoms with Gasteiger partial charge in [-0.3, -0.25) is 9.69 Å². The van der Waals surface area contributed by atoms with Gasteiger partial charge in [-0.05, 0) is 44.5 Å². The van der Waals surface area contributed by atoms with Crippen molar-refractivity contribution in [3.8, 4) is 22.8 Å². The molecule has 10 heteroatoms. The second-order valence-corrected chi connectivity index (χ2v) is 10.3. The number of methoxy groups -OCH3 is 1. The summed E-state index contributed by atoms with van der Waals surface area (Å²) >= 11 is 0. The Kier molecular flexibility index (Phi) is 7.64. The van der Waals surface area contributed by atoms with Gasteiger partial charge in [0, 0.05) is 55.3 Å². The number of benzene rings is 2. The molecule has 0 saturated carbocycles. The number of nitrogens with one attached hydrogen (secondary N) is 2. The monoisotopic (exact) mass is 550 g/mol. The van der Waals surface area contributed by atoms with E-state index in [4.69, 9.17) is 14.8 Å². The lowest BCUT2D eigenvalue weighted by atomic mass is 10.1. The Balaban J connectivity index is 1.32. The first-order valence-electron chi connectivity index (χ1n) is 14.0. The predicted octanol–water partition coefficient (Wildman–Crippen LogP) is 5.01. The lowest BCUT2D eigenvalue weighted by Gasteiger charge is -2.30. The maximum Gasteiger partial charge on any atom is 0.247 e. The minimum atomic E-state index is -0.276.